The summed E-state index contributed by atoms with van der Waals surface area (Å²) < 4.78 is 40.5. The number of amides is 1. The lowest BCUT2D eigenvalue weighted by atomic mass is 9.75. The quantitative estimate of drug-likeness (QED) is 0.665. The SMILES string of the molecule is C=C1N(c2ccc(C#N)c(C(F)(F)F)c2)C(=O)C2(CCC2)N1c1ccc(/C=C/C(=O)O)cc1. The third-order valence-electron chi connectivity index (χ3n) is 5.98. The number of aliphatic carboxylic acids is 1. The summed E-state index contributed by atoms with van der Waals surface area (Å²) in [6.45, 7) is 4.01. The number of hydrogen-bond donors (Lipinski definition) is 1. The minimum absolute atomic E-state index is 0.00823. The Kier molecular flexibility index (Phi) is 5.24. The highest BCUT2D eigenvalue weighted by molar-refractivity contribution is 6.11. The molecule has 2 aliphatic rings. The van der Waals surface area contributed by atoms with Gasteiger partial charge < -0.3 is 10.0 Å². The molecule has 2 aromatic carbocycles. The first-order valence-electron chi connectivity index (χ1n) is 10.0. The van der Waals surface area contributed by atoms with E-state index in [1.165, 1.54) is 23.1 Å². The highest BCUT2D eigenvalue weighted by atomic mass is 19.4. The number of hydrogen-bond acceptors (Lipinski definition) is 4. The van der Waals surface area contributed by atoms with Crippen molar-refractivity contribution in [3.05, 3.63) is 77.6 Å². The van der Waals surface area contributed by atoms with Gasteiger partial charge in [-0.25, -0.2) is 4.79 Å². The van der Waals surface area contributed by atoms with Gasteiger partial charge in [-0.15, -0.1) is 0 Å². The number of benzene rings is 2. The zero-order valence-electron chi connectivity index (χ0n) is 17.3. The van der Waals surface area contributed by atoms with Gasteiger partial charge in [-0.05, 0) is 61.2 Å². The normalized spacial score (nSPS) is 17.5. The first kappa shape index (κ1) is 22.1. The van der Waals surface area contributed by atoms with Gasteiger partial charge in [0.1, 0.15) is 11.4 Å². The summed E-state index contributed by atoms with van der Waals surface area (Å²) in [5.74, 6) is -1.24. The van der Waals surface area contributed by atoms with E-state index in [9.17, 15) is 22.8 Å². The van der Waals surface area contributed by atoms with Crippen molar-refractivity contribution in [3.63, 3.8) is 0 Å². The molecule has 0 aromatic heterocycles. The van der Waals surface area contributed by atoms with E-state index in [-0.39, 0.29) is 17.4 Å². The van der Waals surface area contributed by atoms with Crippen LogP contribution in [-0.2, 0) is 15.8 Å². The largest absolute Gasteiger partial charge is 0.478 e. The number of alkyl halides is 3. The molecule has 4 rings (SSSR count). The average Bonchev–Trinajstić information content (AvgIpc) is 2.98. The van der Waals surface area contributed by atoms with E-state index in [1.807, 2.05) is 0 Å². The second-order valence-electron chi connectivity index (χ2n) is 7.88. The van der Waals surface area contributed by atoms with Gasteiger partial charge in [-0.1, -0.05) is 18.7 Å². The first-order chi connectivity index (χ1) is 15.6. The molecule has 0 atom stereocenters. The summed E-state index contributed by atoms with van der Waals surface area (Å²) in [5.41, 5.74) is -1.33. The molecule has 1 saturated carbocycles. The van der Waals surface area contributed by atoms with Gasteiger partial charge in [0.15, 0.2) is 0 Å². The van der Waals surface area contributed by atoms with E-state index in [4.69, 9.17) is 10.4 Å². The second kappa shape index (κ2) is 7.81. The molecule has 1 N–H and O–H groups in total. The molecule has 9 heteroatoms. The van der Waals surface area contributed by atoms with Crippen molar-refractivity contribution in [2.45, 2.75) is 31.0 Å². The highest BCUT2D eigenvalue weighted by Gasteiger charge is 2.58. The van der Waals surface area contributed by atoms with Crippen molar-refractivity contribution in [2.75, 3.05) is 9.80 Å². The number of rotatable bonds is 4. The van der Waals surface area contributed by atoms with Crippen LogP contribution in [0.15, 0.2) is 60.9 Å². The molecular weight excluding hydrogens is 435 g/mol. The van der Waals surface area contributed by atoms with Crippen LogP contribution in [0.1, 0.15) is 36.0 Å². The highest BCUT2D eigenvalue weighted by Crippen LogP contribution is 2.50. The van der Waals surface area contributed by atoms with E-state index in [1.54, 1.807) is 29.2 Å². The Morgan fingerprint density at radius 2 is 1.79 bits per heavy atom. The summed E-state index contributed by atoms with van der Waals surface area (Å²) >= 11 is 0. The van der Waals surface area contributed by atoms with Crippen LogP contribution < -0.4 is 9.80 Å². The Bertz CT molecular complexity index is 1220. The fraction of sp³-hybridized carbons (Fsp3) is 0.208. The Morgan fingerprint density at radius 1 is 1.15 bits per heavy atom. The third-order valence-corrected chi connectivity index (χ3v) is 5.98. The summed E-state index contributed by atoms with van der Waals surface area (Å²) in [7, 11) is 0. The van der Waals surface area contributed by atoms with Gasteiger partial charge in [-0.3, -0.25) is 9.69 Å². The summed E-state index contributed by atoms with van der Waals surface area (Å²) in [5, 5.41) is 17.8. The van der Waals surface area contributed by atoms with Gasteiger partial charge in [0.25, 0.3) is 5.91 Å². The maximum absolute atomic E-state index is 13.5. The van der Waals surface area contributed by atoms with Crippen LogP contribution >= 0.6 is 0 Å². The molecule has 1 heterocycles. The van der Waals surface area contributed by atoms with Crippen molar-refractivity contribution < 1.29 is 27.9 Å². The number of anilines is 2. The second-order valence-corrected chi connectivity index (χ2v) is 7.88. The Morgan fingerprint density at radius 3 is 2.30 bits per heavy atom. The summed E-state index contributed by atoms with van der Waals surface area (Å²) in [6.07, 6.45) is -0.500. The molecule has 2 aromatic rings. The van der Waals surface area contributed by atoms with E-state index >= 15 is 0 Å². The van der Waals surface area contributed by atoms with Gasteiger partial charge in [-0.2, -0.15) is 18.4 Å². The van der Waals surface area contributed by atoms with Crippen molar-refractivity contribution in [3.8, 4) is 6.07 Å². The lowest BCUT2D eigenvalue weighted by Gasteiger charge is -2.43. The molecule has 0 radical (unpaired) electrons. The van der Waals surface area contributed by atoms with Crippen LogP contribution in [0.5, 0.6) is 0 Å². The molecule has 0 unspecified atom stereocenters. The maximum Gasteiger partial charge on any atom is 0.417 e. The zero-order valence-corrected chi connectivity index (χ0v) is 17.3. The number of nitriles is 1. The zero-order chi connectivity index (χ0) is 24.0. The van der Waals surface area contributed by atoms with Crippen LogP contribution in [0.4, 0.5) is 24.5 Å². The van der Waals surface area contributed by atoms with Gasteiger partial charge in [0, 0.05) is 11.8 Å². The summed E-state index contributed by atoms with van der Waals surface area (Å²) in [6, 6.07) is 11.5. The van der Waals surface area contributed by atoms with Crippen LogP contribution in [0, 0.1) is 11.3 Å². The number of carboxylic acid groups (broad SMARTS) is 1. The molecule has 33 heavy (non-hydrogen) atoms. The molecule has 0 bridgehead atoms. The topological polar surface area (TPSA) is 84.6 Å². The van der Waals surface area contributed by atoms with Crippen molar-refractivity contribution in [1.82, 2.24) is 0 Å². The predicted molar refractivity (Wildman–Crippen MR) is 115 cm³/mol. The van der Waals surface area contributed by atoms with E-state index < -0.39 is 28.8 Å². The molecule has 1 aliphatic carbocycles. The monoisotopic (exact) mass is 453 g/mol. The first-order valence-corrected chi connectivity index (χ1v) is 10.0. The van der Waals surface area contributed by atoms with E-state index in [0.717, 1.165) is 24.6 Å². The summed E-state index contributed by atoms with van der Waals surface area (Å²) in [4.78, 5) is 27.1. The van der Waals surface area contributed by atoms with Crippen molar-refractivity contribution in [2.24, 2.45) is 0 Å². The van der Waals surface area contributed by atoms with Crippen molar-refractivity contribution >= 4 is 29.3 Å². The van der Waals surface area contributed by atoms with Crippen LogP contribution in [0.25, 0.3) is 6.08 Å². The lowest BCUT2D eigenvalue weighted by molar-refractivity contribution is -0.138. The Hall–Kier alpha value is -4.06. The number of carbonyl (C=O) groups excluding carboxylic acids is 1. The van der Waals surface area contributed by atoms with Crippen LogP contribution in [0.2, 0.25) is 0 Å². The standard InChI is InChI=1S/C24H18F3N3O3/c1-15-29(19-9-6-17(14-28)20(13-19)24(25,26)27)22(33)23(11-2-12-23)30(15)18-7-3-16(4-8-18)5-10-21(31)32/h3-10,13H,1-2,11-12H2,(H,31,32)/b10-5+. The molecule has 168 valence electrons. The molecule has 1 amide bonds. The number of halogens is 3. The van der Waals surface area contributed by atoms with Crippen LogP contribution in [0.3, 0.4) is 0 Å². The van der Waals surface area contributed by atoms with Gasteiger partial charge in [0.05, 0.1) is 22.9 Å². The maximum atomic E-state index is 13.5. The minimum Gasteiger partial charge on any atom is -0.478 e. The predicted octanol–water partition coefficient (Wildman–Crippen LogP) is 4.92. The smallest absolute Gasteiger partial charge is 0.417 e. The number of carboxylic acids is 1. The fourth-order valence-corrected chi connectivity index (χ4v) is 4.28. The number of nitrogens with zero attached hydrogens (tertiary/aromatic N) is 3. The molecular formula is C24H18F3N3O3. The third kappa shape index (κ3) is 3.63. The Labute approximate surface area is 187 Å². The minimum atomic E-state index is -4.75. The van der Waals surface area contributed by atoms with E-state index in [2.05, 4.69) is 6.58 Å². The average molecular weight is 453 g/mol. The lowest BCUT2D eigenvalue weighted by Crippen LogP contribution is -2.54. The molecule has 1 saturated heterocycles. The van der Waals surface area contributed by atoms with Gasteiger partial charge in [0.2, 0.25) is 0 Å². The fourth-order valence-electron chi connectivity index (χ4n) is 4.28. The van der Waals surface area contributed by atoms with Gasteiger partial charge >= 0.3 is 12.1 Å². The van der Waals surface area contributed by atoms with E-state index in [0.29, 0.717) is 24.1 Å². The van der Waals surface area contributed by atoms with Crippen LogP contribution in [-0.4, -0.2) is 22.5 Å². The molecule has 2 fully saturated rings. The molecule has 6 nitrogen and oxygen atoms in total. The molecule has 1 spiro atoms. The number of carbonyl (C=O) groups is 2. The Balaban J connectivity index is 1.74. The van der Waals surface area contributed by atoms with Crippen molar-refractivity contribution in [1.29, 1.82) is 5.26 Å². The molecule has 1 aliphatic heterocycles.